The highest BCUT2D eigenvalue weighted by atomic mass is 16.5. The summed E-state index contributed by atoms with van der Waals surface area (Å²) in [6.45, 7) is 1.76. The first-order valence-electron chi connectivity index (χ1n) is 11.4. The number of nitrogens with zero attached hydrogens (tertiary/aromatic N) is 2. The molecule has 6 nitrogen and oxygen atoms in total. The fourth-order valence-electron chi connectivity index (χ4n) is 4.64. The van der Waals surface area contributed by atoms with Crippen LogP contribution in [-0.2, 0) is 16.0 Å². The van der Waals surface area contributed by atoms with Crippen molar-refractivity contribution in [3.63, 3.8) is 0 Å². The van der Waals surface area contributed by atoms with Crippen LogP contribution in [0.5, 0.6) is 11.5 Å². The van der Waals surface area contributed by atoms with Gasteiger partial charge in [0.15, 0.2) is 11.5 Å². The van der Waals surface area contributed by atoms with Crippen LogP contribution in [0.2, 0.25) is 0 Å². The van der Waals surface area contributed by atoms with Gasteiger partial charge in [-0.1, -0.05) is 18.9 Å². The number of ether oxygens (including phenoxy) is 2. The smallest absolute Gasteiger partial charge is 0.242 e. The minimum atomic E-state index is 0.112. The lowest BCUT2D eigenvalue weighted by Gasteiger charge is -2.37. The van der Waals surface area contributed by atoms with E-state index in [0.717, 1.165) is 75.8 Å². The predicted octanol–water partition coefficient (Wildman–Crippen LogP) is 3.81. The van der Waals surface area contributed by atoms with Crippen LogP contribution in [0.15, 0.2) is 18.2 Å². The molecule has 0 spiro atoms. The number of carbonyl (C=O) groups excluding carboxylic acids is 2. The van der Waals surface area contributed by atoms with Gasteiger partial charge < -0.3 is 19.3 Å². The highest BCUT2D eigenvalue weighted by molar-refractivity contribution is 5.85. The van der Waals surface area contributed by atoms with E-state index in [1.54, 1.807) is 19.1 Å². The van der Waals surface area contributed by atoms with Crippen molar-refractivity contribution in [2.75, 3.05) is 33.9 Å². The minimum absolute atomic E-state index is 0.112. The topological polar surface area (TPSA) is 59.1 Å². The summed E-state index contributed by atoms with van der Waals surface area (Å²) in [6.07, 6.45) is 9.85. The summed E-state index contributed by atoms with van der Waals surface area (Å²) >= 11 is 0. The number of carbonyl (C=O) groups is 2. The minimum Gasteiger partial charge on any atom is -0.493 e. The molecule has 2 aliphatic rings. The van der Waals surface area contributed by atoms with Crippen LogP contribution >= 0.6 is 0 Å². The molecular weight excluding hydrogens is 380 g/mol. The van der Waals surface area contributed by atoms with Crippen LogP contribution in [0.25, 0.3) is 0 Å². The second kappa shape index (κ2) is 11.2. The lowest BCUT2D eigenvalue weighted by Crippen LogP contribution is -2.49. The Balaban J connectivity index is 1.60. The van der Waals surface area contributed by atoms with Crippen molar-refractivity contribution in [1.29, 1.82) is 0 Å². The number of likely N-dealkylation sites (tertiary alicyclic amines) is 2. The van der Waals surface area contributed by atoms with E-state index in [4.69, 9.17) is 9.47 Å². The Bertz CT molecular complexity index is 721. The van der Waals surface area contributed by atoms with E-state index in [9.17, 15) is 9.59 Å². The summed E-state index contributed by atoms with van der Waals surface area (Å²) in [5.74, 6) is 1.72. The fourth-order valence-corrected chi connectivity index (χ4v) is 4.64. The van der Waals surface area contributed by atoms with Crippen molar-refractivity contribution in [1.82, 2.24) is 9.80 Å². The van der Waals surface area contributed by atoms with Gasteiger partial charge in [0.05, 0.1) is 20.8 Å². The number of aryl methyl sites for hydroxylation is 1. The standard InChI is InChI=1S/C24H36N2O4/c1-29-21-14-12-19(17-22(21)30-2)11-13-20-9-6-8-16-26(20)24(28)18-25-15-7-4-3-5-10-23(25)27/h12,14,17,20H,3-11,13,15-16,18H2,1-2H3. The average Bonchev–Trinajstić information content (AvgIpc) is 2.77. The molecule has 2 aliphatic heterocycles. The number of hydrogen-bond acceptors (Lipinski definition) is 4. The van der Waals surface area contributed by atoms with Gasteiger partial charge >= 0.3 is 0 Å². The van der Waals surface area contributed by atoms with Gasteiger partial charge in [-0.3, -0.25) is 9.59 Å². The number of benzene rings is 1. The molecule has 0 N–H and O–H groups in total. The van der Waals surface area contributed by atoms with E-state index in [1.807, 2.05) is 17.0 Å². The second-order valence-electron chi connectivity index (χ2n) is 8.44. The third-order valence-corrected chi connectivity index (χ3v) is 6.41. The van der Waals surface area contributed by atoms with Crippen molar-refractivity contribution in [3.05, 3.63) is 23.8 Å². The molecule has 1 aromatic rings. The molecule has 2 saturated heterocycles. The Morgan fingerprint density at radius 2 is 1.77 bits per heavy atom. The van der Waals surface area contributed by atoms with Crippen LogP contribution in [0.1, 0.15) is 63.4 Å². The third-order valence-electron chi connectivity index (χ3n) is 6.41. The molecule has 1 atom stereocenters. The molecule has 6 heteroatoms. The summed E-state index contributed by atoms with van der Waals surface area (Å²) in [5, 5.41) is 0. The number of methoxy groups -OCH3 is 2. The molecule has 3 rings (SSSR count). The largest absolute Gasteiger partial charge is 0.493 e. The average molecular weight is 417 g/mol. The molecule has 0 aliphatic carbocycles. The highest BCUT2D eigenvalue weighted by Gasteiger charge is 2.29. The Kier molecular flexibility index (Phi) is 8.40. The normalized spacial score (nSPS) is 20.5. The van der Waals surface area contributed by atoms with Crippen LogP contribution in [0.3, 0.4) is 0 Å². The predicted molar refractivity (Wildman–Crippen MR) is 117 cm³/mol. The molecule has 2 fully saturated rings. The summed E-state index contributed by atoms with van der Waals surface area (Å²) in [5.41, 5.74) is 1.18. The van der Waals surface area contributed by atoms with Crippen molar-refractivity contribution >= 4 is 11.8 Å². The van der Waals surface area contributed by atoms with Crippen LogP contribution in [0.4, 0.5) is 0 Å². The van der Waals surface area contributed by atoms with Gasteiger partial charge in [-0.05, 0) is 62.6 Å². The zero-order chi connectivity index (χ0) is 21.3. The van der Waals surface area contributed by atoms with E-state index in [-0.39, 0.29) is 24.4 Å². The molecule has 30 heavy (non-hydrogen) atoms. The fraction of sp³-hybridized carbons (Fsp3) is 0.667. The van der Waals surface area contributed by atoms with Gasteiger partial charge in [0, 0.05) is 25.6 Å². The first kappa shape index (κ1) is 22.4. The first-order chi connectivity index (χ1) is 14.6. The molecule has 2 amide bonds. The molecular formula is C24H36N2O4. The first-order valence-corrected chi connectivity index (χ1v) is 11.4. The highest BCUT2D eigenvalue weighted by Crippen LogP contribution is 2.29. The molecule has 2 heterocycles. The van der Waals surface area contributed by atoms with Gasteiger partial charge in [0.1, 0.15) is 0 Å². The van der Waals surface area contributed by atoms with Crippen molar-refractivity contribution in [3.8, 4) is 11.5 Å². The number of hydrogen-bond donors (Lipinski definition) is 0. The second-order valence-corrected chi connectivity index (χ2v) is 8.44. The quantitative estimate of drug-likeness (QED) is 0.678. The van der Waals surface area contributed by atoms with Crippen molar-refractivity contribution in [2.24, 2.45) is 0 Å². The summed E-state index contributed by atoms with van der Waals surface area (Å²) in [6, 6.07) is 6.26. The molecule has 0 bridgehead atoms. The van der Waals surface area contributed by atoms with Gasteiger partial charge in [-0.25, -0.2) is 0 Å². The number of piperidine rings is 1. The monoisotopic (exact) mass is 416 g/mol. The van der Waals surface area contributed by atoms with Crippen molar-refractivity contribution in [2.45, 2.75) is 70.3 Å². The van der Waals surface area contributed by atoms with Gasteiger partial charge in [0.2, 0.25) is 11.8 Å². The number of rotatable bonds is 7. The Labute approximate surface area is 180 Å². The summed E-state index contributed by atoms with van der Waals surface area (Å²) in [4.78, 5) is 29.4. The summed E-state index contributed by atoms with van der Waals surface area (Å²) in [7, 11) is 3.29. The van der Waals surface area contributed by atoms with Crippen molar-refractivity contribution < 1.29 is 19.1 Å². The zero-order valence-electron chi connectivity index (χ0n) is 18.5. The van der Waals surface area contributed by atoms with Crippen LogP contribution in [0, 0.1) is 0 Å². The molecule has 0 saturated carbocycles. The molecule has 1 aromatic carbocycles. The number of amides is 2. The van der Waals surface area contributed by atoms with Gasteiger partial charge in [0.25, 0.3) is 0 Å². The maximum atomic E-state index is 13.1. The van der Waals surface area contributed by atoms with Crippen LogP contribution < -0.4 is 9.47 Å². The SMILES string of the molecule is COc1ccc(CCC2CCCCN2C(=O)CN2CCCCCCC2=O)cc1OC. The lowest BCUT2D eigenvalue weighted by molar-refractivity contribution is -0.143. The van der Waals surface area contributed by atoms with Gasteiger partial charge in [-0.15, -0.1) is 0 Å². The maximum Gasteiger partial charge on any atom is 0.242 e. The van der Waals surface area contributed by atoms with Gasteiger partial charge in [-0.2, -0.15) is 0 Å². The molecule has 1 unspecified atom stereocenters. The van der Waals surface area contributed by atoms with E-state index >= 15 is 0 Å². The molecule has 166 valence electrons. The van der Waals surface area contributed by atoms with Crippen LogP contribution in [-0.4, -0.2) is 61.5 Å². The Morgan fingerprint density at radius 1 is 1.00 bits per heavy atom. The maximum absolute atomic E-state index is 13.1. The third kappa shape index (κ3) is 5.89. The zero-order valence-corrected chi connectivity index (χ0v) is 18.5. The molecule has 0 aromatic heterocycles. The Morgan fingerprint density at radius 3 is 2.57 bits per heavy atom. The lowest BCUT2D eigenvalue weighted by atomic mass is 9.95. The van der Waals surface area contributed by atoms with E-state index < -0.39 is 0 Å². The van der Waals surface area contributed by atoms with E-state index in [2.05, 4.69) is 6.07 Å². The Hall–Kier alpha value is -2.24. The van der Waals surface area contributed by atoms with E-state index in [0.29, 0.717) is 13.0 Å². The van der Waals surface area contributed by atoms with E-state index in [1.165, 1.54) is 5.56 Å². The summed E-state index contributed by atoms with van der Waals surface area (Å²) < 4.78 is 10.7. The molecule has 0 radical (unpaired) electrons.